The zero-order valence-corrected chi connectivity index (χ0v) is 10.5. The number of rotatable bonds is 2. The highest BCUT2D eigenvalue weighted by Crippen LogP contribution is 2.26. The zero-order chi connectivity index (χ0) is 13.3. The van der Waals surface area contributed by atoms with Gasteiger partial charge in [0.15, 0.2) is 5.11 Å². The minimum absolute atomic E-state index is 0.305. The van der Waals surface area contributed by atoms with Crippen LogP contribution in [0.4, 0.5) is 4.39 Å². The fraction of sp³-hybridized carbons (Fsp3) is 0.250. The third-order valence-corrected chi connectivity index (χ3v) is 3.09. The van der Waals surface area contributed by atoms with Crippen LogP contribution in [-0.4, -0.2) is 16.7 Å². The topological polar surface area (TPSA) is 67.5 Å². The van der Waals surface area contributed by atoms with Crippen LogP contribution in [0.15, 0.2) is 29.3 Å². The fourth-order valence-corrected chi connectivity index (χ4v) is 2.31. The number of halogens is 1. The summed E-state index contributed by atoms with van der Waals surface area (Å²) in [6.45, 7) is 1.71. The number of thiocarbonyl (C=S) groups is 1. The van der Waals surface area contributed by atoms with Gasteiger partial charge in [0.05, 0.1) is 6.04 Å². The Bertz CT molecular complexity index is 527. The van der Waals surface area contributed by atoms with Crippen molar-refractivity contribution in [3.05, 3.63) is 35.6 Å². The molecule has 1 aromatic rings. The summed E-state index contributed by atoms with van der Waals surface area (Å²) in [6.07, 6.45) is 0. The summed E-state index contributed by atoms with van der Waals surface area (Å²) < 4.78 is 12.9. The molecule has 18 heavy (non-hydrogen) atoms. The van der Waals surface area contributed by atoms with Crippen molar-refractivity contribution in [2.45, 2.75) is 13.0 Å². The summed E-state index contributed by atoms with van der Waals surface area (Å²) in [4.78, 5) is 15.5. The molecule has 0 radical (unpaired) electrons. The number of primary amides is 1. The second-order valence-electron chi connectivity index (χ2n) is 4.11. The van der Waals surface area contributed by atoms with Crippen molar-refractivity contribution >= 4 is 28.9 Å². The molecule has 2 rings (SSSR count). The number of nitrogens with one attached hydrogen (secondary N) is 1. The molecule has 0 aliphatic carbocycles. The number of amides is 1. The number of nitrogens with two attached hydrogens (primary N) is 1. The first-order chi connectivity index (χ1) is 8.49. The van der Waals surface area contributed by atoms with E-state index >= 15 is 0 Å². The average Bonchev–Trinajstić information content (AvgIpc) is 2.28. The molecule has 2 atom stereocenters. The molecule has 6 heteroatoms. The lowest BCUT2D eigenvalue weighted by Gasteiger charge is -2.30. The number of aliphatic imine (C=N–C) groups is 1. The first kappa shape index (κ1) is 12.6. The maximum absolute atomic E-state index is 12.9. The van der Waals surface area contributed by atoms with Gasteiger partial charge in [-0.05, 0) is 36.8 Å². The molecule has 1 aliphatic rings. The molecule has 1 heterocycles. The highest BCUT2D eigenvalue weighted by molar-refractivity contribution is 7.80. The lowest BCUT2D eigenvalue weighted by atomic mass is 9.88. The van der Waals surface area contributed by atoms with Crippen LogP contribution < -0.4 is 11.1 Å². The Labute approximate surface area is 109 Å². The van der Waals surface area contributed by atoms with E-state index in [0.717, 1.165) is 5.56 Å². The smallest absolute Gasteiger partial charge is 0.228 e. The zero-order valence-electron chi connectivity index (χ0n) is 9.68. The standard InChI is InChI=1S/C12H12FN3OS/c1-6-9(11(14)17)10(16-12(18)15-6)7-2-4-8(13)5-3-7/h2-5,9-10H,1H3,(H2,14,17)(H,16,18). The summed E-state index contributed by atoms with van der Waals surface area (Å²) >= 11 is 5.00. The van der Waals surface area contributed by atoms with Gasteiger partial charge in [-0.2, -0.15) is 0 Å². The highest BCUT2D eigenvalue weighted by Gasteiger charge is 2.34. The number of hydrogen-bond donors (Lipinski definition) is 2. The maximum atomic E-state index is 12.9. The molecule has 3 N–H and O–H groups in total. The normalized spacial score (nSPS) is 23.2. The van der Waals surface area contributed by atoms with E-state index in [4.69, 9.17) is 18.0 Å². The van der Waals surface area contributed by atoms with E-state index in [1.165, 1.54) is 12.1 Å². The Hall–Kier alpha value is -1.82. The van der Waals surface area contributed by atoms with Crippen LogP contribution in [0, 0.1) is 11.7 Å². The molecular weight excluding hydrogens is 253 g/mol. The lowest BCUT2D eigenvalue weighted by Crippen LogP contribution is -2.45. The molecule has 4 nitrogen and oxygen atoms in total. The first-order valence-corrected chi connectivity index (χ1v) is 5.80. The molecule has 0 fully saturated rings. The first-order valence-electron chi connectivity index (χ1n) is 5.39. The van der Waals surface area contributed by atoms with Crippen LogP contribution >= 0.6 is 12.2 Å². The lowest BCUT2D eigenvalue weighted by molar-refractivity contribution is -0.120. The van der Waals surface area contributed by atoms with E-state index < -0.39 is 17.9 Å². The van der Waals surface area contributed by atoms with Crippen LogP contribution in [0.1, 0.15) is 18.5 Å². The molecule has 94 valence electrons. The van der Waals surface area contributed by atoms with E-state index in [2.05, 4.69) is 10.3 Å². The molecule has 0 aromatic heterocycles. The van der Waals surface area contributed by atoms with Gasteiger partial charge in [0.25, 0.3) is 0 Å². The predicted molar refractivity (Wildman–Crippen MR) is 70.7 cm³/mol. The van der Waals surface area contributed by atoms with Gasteiger partial charge in [-0.25, -0.2) is 9.38 Å². The number of benzene rings is 1. The molecule has 0 spiro atoms. The molecule has 1 amide bonds. The summed E-state index contributed by atoms with van der Waals surface area (Å²) in [7, 11) is 0. The Kier molecular flexibility index (Phi) is 3.38. The highest BCUT2D eigenvalue weighted by atomic mass is 32.1. The molecule has 0 bridgehead atoms. The predicted octanol–water partition coefficient (Wildman–Crippen LogP) is 1.32. The number of hydrogen-bond acceptors (Lipinski definition) is 2. The van der Waals surface area contributed by atoms with Crippen molar-refractivity contribution in [1.82, 2.24) is 5.32 Å². The SMILES string of the molecule is CC1=NC(=S)NC(c2ccc(F)cc2)C1C(N)=O. The van der Waals surface area contributed by atoms with Gasteiger partial charge >= 0.3 is 0 Å². The van der Waals surface area contributed by atoms with Crippen molar-refractivity contribution in [3.63, 3.8) is 0 Å². The van der Waals surface area contributed by atoms with Crippen molar-refractivity contribution < 1.29 is 9.18 Å². The van der Waals surface area contributed by atoms with Gasteiger partial charge in [-0.15, -0.1) is 0 Å². The monoisotopic (exact) mass is 265 g/mol. The maximum Gasteiger partial charge on any atom is 0.228 e. The second-order valence-corrected chi connectivity index (χ2v) is 4.50. The van der Waals surface area contributed by atoms with Crippen molar-refractivity contribution in [1.29, 1.82) is 0 Å². The molecule has 1 aromatic carbocycles. The fourth-order valence-electron chi connectivity index (χ4n) is 2.04. The van der Waals surface area contributed by atoms with E-state index in [1.807, 2.05) is 0 Å². The van der Waals surface area contributed by atoms with E-state index in [0.29, 0.717) is 10.8 Å². The van der Waals surface area contributed by atoms with E-state index in [9.17, 15) is 9.18 Å². The average molecular weight is 265 g/mol. The van der Waals surface area contributed by atoms with E-state index in [-0.39, 0.29) is 5.82 Å². The van der Waals surface area contributed by atoms with Gasteiger partial charge in [0.2, 0.25) is 5.91 Å². The Morgan fingerprint density at radius 2 is 2.06 bits per heavy atom. The number of carbonyl (C=O) groups excluding carboxylic acids is 1. The van der Waals surface area contributed by atoms with Gasteiger partial charge in [0.1, 0.15) is 11.7 Å². The molecule has 0 saturated carbocycles. The van der Waals surface area contributed by atoms with Crippen LogP contribution in [0.25, 0.3) is 0 Å². The van der Waals surface area contributed by atoms with Gasteiger partial charge in [0, 0.05) is 5.71 Å². The minimum Gasteiger partial charge on any atom is -0.369 e. The van der Waals surface area contributed by atoms with Crippen molar-refractivity contribution in [3.8, 4) is 0 Å². The van der Waals surface area contributed by atoms with Crippen LogP contribution in [-0.2, 0) is 4.79 Å². The quantitative estimate of drug-likeness (QED) is 0.792. The third kappa shape index (κ3) is 2.38. The summed E-state index contributed by atoms with van der Waals surface area (Å²) in [5.74, 6) is -1.40. The van der Waals surface area contributed by atoms with Gasteiger partial charge < -0.3 is 11.1 Å². The van der Waals surface area contributed by atoms with E-state index in [1.54, 1.807) is 19.1 Å². The second kappa shape index (κ2) is 4.81. The molecule has 1 aliphatic heterocycles. The Morgan fingerprint density at radius 1 is 1.44 bits per heavy atom. The Morgan fingerprint density at radius 3 is 2.61 bits per heavy atom. The summed E-state index contributed by atoms with van der Waals surface area (Å²) in [5.41, 5.74) is 6.70. The summed E-state index contributed by atoms with van der Waals surface area (Å²) in [5, 5.41) is 3.24. The van der Waals surface area contributed by atoms with Crippen LogP contribution in [0.3, 0.4) is 0 Å². The van der Waals surface area contributed by atoms with Crippen LogP contribution in [0.2, 0.25) is 0 Å². The van der Waals surface area contributed by atoms with Gasteiger partial charge in [-0.1, -0.05) is 12.1 Å². The molecule has 0 saturated heterocycles. The largest absolute Gasteiger partial charge is 0.369 e. The van der Waals surface area contributed by atoms with Gasteiger partial charge in [-0.3, -0.25) is 4.79 Å². The van der Waals surface area contributed by atoms with Crippen LogP contribution in [0.5, 0.6) is 0 Å². The third-order valence-electron chi connectivity index (χ3n) is 2.88. The van der Waals surface area contributed by atoms with Crippen molar-refractivity contribution in [2.24, 2.45) is 16.6 Å². The van der Waals surface area contributed by atoms with Crippen molar-refractivity contribution in [2.75, 3.05) is 0 Å². The minimum atomic E-state index is -0.581. The number of nitrogens with zero attached hydrogens (tertiary/aromatic N) is 1. The molecule has 2 unspecified atom stereocenters. The molecular formula is C12H12FN3OS. The Balaban J connectivity index is 2.41. The number of carbonyl (C=O) groups is 1. The summed E-state index contributed by atoms with van der Waals surface area (Å²) in [6, 6.07) is 5.47.